The van der Waals surface area contributed by atoms with E-state index in [0.29, 0.717) is 27.3 Å². The molecule has 0 spiro atoms. The molecule has 3 heterocycles. The number of rotatable bonds is 2. The number of nitrogens with one attached hydrogen (secondary N) is 1. The summed E-state index contributed by atoms with van der Waals surface area (Å²) in [6.07, 6.45) is 1.65. The van der Waals surface area contributed by atoms with Gasteiger partial charge in [0.05, 0.1) is 21.8 Å². The Hall–Kier alpha value is -4.15. The highest BCUT2D eigenvalue weighted by atomic mass is 35.5. The van der Waals surface area contributed by atoms with E-state index in [2.05, 4.69) is 19.9 Å². The molecule has 5 rings (SSSR count). The SMILES string of the molecule is N#Cc1cccc(-c2nc3[nH]c(=O)ccc3nc2-c2cc(Cl)c3ncccc3c2)c1F. The second-order valence-electron chi connectivity index (χ2n) is 6.79. The molecule has 0 fully saturated rings. The van der Waals surface area contributed by atoms with Crippen molar-refractivity contribution >= 4 is 33.7 Å². The van der Waals surface area contributed by atoms with E-state index >= 15 is 4.39 Å². The summed E-state index contributed by atoms with van der Waals surface area (Å²) in [6.45, 7) is 0. The summed E-state index contributed by atoms with van der Waals surface area (Å²) in [5, 5.41) is 10.4. The second-order valence-corrected chi connectivity index (χ2v) is 7.20. The van der Waals surface area contributed by atoms with E-state index in [4.69, 9.17) is 11.6 Å². The fraction of sp³-hybridized carbons (Fsp3) is 0. The van der Waals surface area contributed by atoms with Crippen molar-refractivity contribution in [2.45, 2.75) is 0 Å². The van der Waals surface area contributed by atoms with Crippen molar-refractivity contribution < 1.29 is 4.39 Å². The molecule has 0 aliphatic heterocycles. The van der Waals surface area contributed by atoms with Crippen molar-refractivity contribution in [3.05, 3.63) is 87.6 Å². The van der Waals surface area contributed by atoms with E-state index in [9.17, 15) is 10.1 Å². The van der Waals surface area contributed by atoms with Gasteiger partial charge >= 0.3 is 0 Å². The molecule has 0 atom stereocenters. The first-order valence-electron chi connectivity index (χ1n) is 9.20. The molecule has 0 saturated heterocycles. The lowest BCUT2D eigenvalue weighted by atomic mass is 10.0. The van der Waals surface area contributed by atoms with Gasteiger partial charge in [0.25, 0.3) is 0 Å². The molecular formula is C23H11ClFN5O. The number of aromatic amines is 1. The minimum Gasteiger partial charge on any atom is -0.305 e. The van der Waals surface area contributed by atoms with Gasteiger partial charge in [0.2, 0.25) is 5.56 Å². The van der Waals surface area contributed by atoms with Gasteiger partial charge in [-0.3, -0.25) is 9.78 Å². The lowest BCUT2D eigenvalue weighted by Gasteiger charge is -2.12. The van der Waals surface area contributed by atoms with Crippen LogP contribution < -0.4 is 5.56 Å². The highest BCUT2D eigenvalue weighted by molar-refractivity contribution is 6.35. The Morgan fingerprint density at radius 1 is 1.03 bits per heavy atom. The molecule has 0 unspecified atom stereocenters. The molecule has 0 saturated carbocycles. The molecular weight excluding hydrogens is 417 g/mol. The van der Waals surface area contributed by atoms with E-state index in [1.165, 1.54) is 18.2 Å². The predicted molar refractivity (Wildman–Crippen MR) is 116 cm³/mol. The van der Waals surface area contributed by atoms with Crippen molar-refractivity contribution in [1.29, 1.82) is 5.26 Å². The van der Waals surface area contributed by atoms with E-state index in [-0.39, 0.29) is 28.0 Å². The van der Waals surface area contributed by atoms with E-state index < -0.39 is 5.82 Å². The molecule has 0 aliphatic rings. The van der Waals surface area contributed by atoms with Crippen LogP contribution in [0, 0.1) is 17.1 Å². The molecule has 0 aliphatic carbocycles. The van der Waals surface area contributed by atoms with Gasteiger partial charge in [0.1, 0.15) is 23.1 Å². The summed E-state index contributed by atoms with van der Waals surface area (Å²) in [7, 11) is 0. The zero-order chi connectivity index (χ0) is 21.5. The van der Waals surface area contributed by atoms with Crippen molar-refractivity contribution in [3.8, 4) is 28.6 Å². The third-order valence-corrected chi connectivity index (χ3v) is 5.15. The monoisotopic (exact) mass is 427 g/mol. The molecule has 3 aromatic heterocycles. The number of nitrogens with zero attached hydrogens (tertiary/aromatic N) is 4. The van der Waals surface area contributed by atoms with Crippen LogP contribution >= 0.6 is 11.6 Å². The molecule has 148 valence electrons. The van der Waals surface area contributed by atoms with Gasteiger partial charge in [-0.05, 0) is 36.4 Å². The molecule has 5 aromatic rings. The van der Waals surface area contributed by atoms with Crippen LogP contribution in [0.25, 0.3) is 44.6 Å². The van der Waals surface area contributed by atoms with Crippen LogP contribution in [0.3, 0.4) is 0 Å². The average molecular weight is 428 g/mol. The van der Waals surface area contributed by atoms with Gasteiger partial charge in [-0.25, -0.2) is 14.4 Å². The summed E-state index contributed by atoms with van der Waals surface area (Å²) in [6, 6.07) is 16.4. The standard InChI is InChI=1S/C23H11ClFN5O/c24-16-10-14(9-12-4-2-8-27-20(12)16)21-22(15-5-1-3-13(11-26)19(15)25)30-23-17(28-21)6-7-18(31)29-23/h1-10H,(H,29,30,31). The average Bonchev–Trinajstić information content (AvgIpc) is 2.78. The number of H-pyrrole nitrogens is 1. The minimum absolute atomic E-state index is 0.0931. The number of halogens is 2. The van der Waals surface area contributed by atoms with Crippen LogP contribution in [-0.4, -0.2) is 19.9 Å². The summed E-state index contributed by atoms with van der Waals surface area (Å²) < 4.78 is 15.1. The van der Waals surface area contributed by atoms with Crippen molar-refractivity contribution in [1.82, 2.24) is 19.9 Å². The Morgan fingerprint density at radius 2 is 1.90 bits per heavy atom. The number of hydrogen-bond donors (Lipinski definition) is 1. The predicted octanol–water partition coefficient (Wildman–Crippen LogP) is 4.86. The van der Waals surface area contributed by atoms with E-state index in [1.54, 1.807) is 30.5 Å². The third kappa shape index (κ3) is 3.19. The summed E-state index contributed by atoms with van der Waals surface area (Å²) in [4.78, 5) is 27.8. The number of nitriles is 1. The Morgan fingerprint density at radius 3 is 2.74 bits per heavy atom. The Balaban J connectivity index is 1.88. The highest BCUT2D eigenvalue weighted by Gasteiger charge is 2.19. The van der Waals surface area contributed by atoms with Crippen LogP contribution in [0.2, 0.25) is 5.02 Å². The first-order valence-corrected chi connectivity index (χ1v) is 9.57. The van der Waals surface area contributed by atoms with Crippen LogP contribution in [0.1, 0.15) is 5.56 Å². The minimum atomic E-state index is -0.716. The van der Waals surface area contributed by atoms with Crippen LogP contribution in [0.15, 0.2) is 65.6 Å². The van der Waals surface area contributed by atoms with Gasteiger partial charge in [0, 0.05) is 28.8 Å². The summed E-state index contributed by atoms with van der Waals surface area (Å²) in [5.41, 5.74) is 2.03. The van der Waals surface area contributed by atoms with Crippen molar-refractivity contribution in [2.24, 2.45) is 0 Å². The number of fused-ring (bicyclic) bond motifs is 2. The zero-order valence-electron chi connectivity index (χ0n) is 15.7. The maximum Gasteiger partial charge on any atom is 0.249 e. The van der Waals surface area contributed by atoms with E-state index in [0.717, 1.165) is 5.39 Å². The molecule has 6 nitrogen and oxygen atoms in total. The third-order valence-electron chi connectivity index (χ3n) is 4.86. The molecule has 1 N–H and O–H groups in total. The smallest absolute Gasteiger partial charge is 0.249 e. The lowest BCUT2D eigenvalue weighted by molar-refractivity contribution is 0.627. The molecule has 0 amide bonds. The quantitative estimate of drug-likeness (QED) is 0.434. The molecule has 2 aromatic carbocycles. The van der Waals surface area contributed by atoms with Crippen molar-refractivity contribution in [2.75, 3.05) is 0 Å². The van der Waals surface area contributed by atoms with Crippen LogP contribution in [0.4, 0.5) is 4.39 Å². The van der Waals surface area contributed by atoms with Gasteiger partial charge < -0.3 is 4.98 Å². The van der Waals surface area contributed by atoms with Crippen LogP contribution in [0.5, 0.6) is 0 Å². The highest BCUT2D eigenvalue weighted by Crippen LogP contribution is 2.36. The number of aromatic nitrogens is 4. The van der Waals surface area contributed by atoms with Gasteiger partial charge in [-0.1, -0.05) is 23.7 Å². The summed E-state index contributed by atoms with van der Waals surface area (Å²) in [5.74, 6) is -0.716. The first kappa shape index (κ1) is 18.9. The first-order chi connectivity index (χ1) is 15.0. The maximum atomic E-state index is 15.1. The molecule has 0 radical (unpaired) electrons. The number of pyridine rings is 2. The zero-order valence-corrected chi connectivity index (χ0v) is 16.5. The second kappa shape index (κ2) is 7.27. The molecule has 8 heteroatoms. The summed E-state index contributed by atoms with van der Waals surface area (Å²) >= 11 is 6.45. The normalized spacial score (nSPS) is 11.0. The van der Waals surface area contributed by atoms with Gasteiger partial charge in [-0.15, -0.1) is 0 Å². The topological polar surface area (TPSA) is 95.3 Å². The molecule has 31 heavy (non-hydrogen) atoms. The Bertz CT molecular complexity index is 1610. The van der Waals surface area contributed by atoms with E-state index in [1.807, 2.05) is 18.2 Å². The molecule has 0 bridgehead atoms. The Labute approximate surface area is 179 Å². The van der Waals surface area contributed by atoms with Gasteiger partial charge in [-0.2, -0.15) is 5.26 Å². The maximum absolute atomic E-state index is 15.1. The lowest BCUT2D eigenvalue weighted by Crippen LogP contribution is -2.06. The van der Waals surface area contributed by atoms with Crippen LogP contribution in [-0.2, 0) is 0 Å². The largest absolute Gasteiger partial charge is 0.305 e. The number of benzene rings is 2. The fourth-order valence-electron chi connectivity index (χ4n) is 3.44. The van der Waals surface area contributed by atoms with Gasteiger partial charge in [0.15, 0.2) is 5.65 Å². The fourth-order valence-corrected chi connectivity index (χ4v) is 3.72. The van der Waals surface area contributed by atoms with Crippen molar-refractivity contribution in [3.63, 3.8) is 0 Å². The Kier molecular flexibility index (Phi) is 4.42. The number of hydrogen-bond acceptors (Lipinski definition) is 5.